The molecule has 4 rings (SSSR count). The smallest absolute Gasteiger partial charge is 0.226 e. The molecule has 1 aromatic rings. The number of fused-ring (bicyclic) bond motifs is 1. The molecule has 8 nitrogen and oxygen atoms in total. The summed E-state index contributed by atoms with van der Waals surface area (Å²) in [5.41, 5.74) is 9.74. The van der Waals surface area contributed by atoms with Gasteiger partial charge in [0.05, 0.1) is 37.7 Å². The van der Waals surface area contributed by atoms with Crippen LogP contribution >= 0.6 is 0 Å². The monoisotopic (exact) mass is 447 g/mol. The molecule has 8 heteroatoms. The Morgan fingerprint density at radius 1 is 1.16 bits per heavy atom. The molecule has 0 bridgehead atoms. The highest BCUT2D eigenvalue weighted by Crippen LogP contribution is 2.46. The van der Waals surface area contributed by atoms with Crippen molar-refractivity contribution >= 4 is 5.91 Å². The lowest BCUT2D eigenvalue weighted by atomic mass is 9.69. The lowest BCUT2D eigenvalue weighted by molar-refractivity contribution is -0.134. The van der Waals surface area contributed by atoms with E-state index in [0.29, 0.717) is 24.9 Å². The highest BCUT2D eigenvalue weighted by Gasteiger charge is 2.40. The summed E-state index contributed by atoms with van der Waals surface area (Å²) in [7, 11) is 5.68. The second kappa shape index (κ2) is 10.2. The Bertz CT molecular complexity index is 775. The molecule has 2 saturated carbocycles. The molecular formula is C24H41N5O3. The van der Waals surface area contributed by atoms with Gasteiger partial charge in [-0.05, 0) is 51.5 Å². The average Bonchev–Trinajstić information content (AvgIpc) is 3.56. The molecule has 2 aliphatic carbocycles. The van der Waals surface area contributed by atoms with Crippen molar-refractivity contribution in [3.8, 4) is 0 Å². The minimum Gasteiger partial charge on any atom is -0.384 e. The van der Waals surface area contributed by atoms with Crippen molar-refractivity contribution in [2.24, 2.45) is 17.1 Å². The van der Waals surface area contributed by atoms with Crippen LogP contribution in [0.5, 0.6) is 0 Å². The van der Waals surface area contributed by atoms with Gasteiger partial charge in [0, 0.05) is 57.3 Å². The summed E-state index contributed by atoms with van der Waals surface area (Å²) in [5.74, 6) is 1.08. The summed E-state index contributed by atoms with van der Waals surface area (Å²) in [6, 6.07) is 0. The van der Waals surface area contributed by atoms with Gasteiger partial charge >= 0.3 is 0 Å². The Balaban J connectivity index is 1.58. The van der Waals surface area contributed by atoms with E-state index >= 15 is 0 Å². The molecule has 0 saturated heterocycles. The van der Waals surface area contributed by atoms with Crippen LogP contribution in [0.3, 0.4) is 0 Å². The molecule has 0 atom stereocenters. The molecule has 1 amide bonds. The van der Waals surface area contributed by atoms with E-state index in [9.17, 15) is 4.79 Å². The van der Waals surface area contributed by atoms with Gasteiger partial charge in [-0.15, -0.1) is 0 Å². The number of carbonyl (C=O) groups is 1. The van der Waals surface area contributed by atoms with E-state index in [1.807, 2.05) is 0 Å². The van der Waals surface area contributed by atoms with Gasteiger partial charge in [-0.3, -0.25) is 14.4 Å². The zero-order valence-corrected chi connectivity index (χ0v) is 20.1. The SMILES string of the molecule is COCC1(COC)CCC(c2c(CN(C)CCN)nn3c2CN(C(=O)C2CC2)CC3)CC1. The second-order valence-corrected chi connectivity index (χ2v) is 10.2. The van der Waals surface area contributed by atoms with Gasteiger partial charge in [-0.25, -0.2) is 0 Å². The standard InChI is InChI=1S/C24H41N5O3/c1-27(11-10-25)14-20-22(18-6-8-24(9-7-18,16-31-2)17-32-3)21-15-28(12-13-29(21)26-20)23(30)19-4-5-19/h18-19H,4-17,25H2,1-3H3. The van der Waals surface area contributed by atoms with E-state index in [1.165, 1.54) is 17.0 Å². The molecule has 180 valence electrons. The Kier molecular flexibility index (Phi) is 7.54. The van der Waals surface area contributed by atoms with Crippen molar-refractivity contribution in [3.05, 3.63) is 17.0 Å². The Morgan fingerprint density at radius 2 is 1.84 bits per heavy atom. The molecule has 3 aliphatic rings. The lowest BCUT2D eigenvalue weighted by Crippen LogP contribution is -2.40. The van der Waals surface area contributed by atoms with E-state index in [0.717, 1.165) is 77.9 Å². The summed E-state index contributed by atoms with van der Waals surface area (Å²) in [4.78, 5) is 17.1. The fraction of sp³-hybridized carbons (Fsp3) is 0.833. The summed E-state index contributed by atoms with van der Waals surface area (Å²) in [6.07, 6.45) is 6.51. The predicted molar refractivity (Wildman–Crippen MR) is 123 cm³/mol. The normalized spacial score (nSPS) is 21.2. The molecular weight excluding hydrogens is 406 g/mol. The van der Waals surface area contributed by atoms with Crippen LogP contribution in [0.15, 0.2) is 0 Å². The Morgan fingerprint density at radius 3 is 2.44 bits per heavy atom. The Hall–Kier alpha value is -1.48. The molecule has 1 aromatic heterocycles. The van der Waals surface area contributed by atoms with E-state index in [2.05, 4.69) is 21.5 Å². The van der Waals surface area contributed by atoms with Crippen LogP contribution < -0.4 is 5.73 Å². The van der Waals surface area contributed by atoms with E-state index in [4.69, 9.17) is 20.3 Å². The van der Waals surface area contributed by atoms with E-state index in [-0.39, 0.29) is 11.3 Å². The number of nitrogens with zero attached hydrogens (tertiary/aromatic N) is 4. The molecule has 2 heterocycles. The maximum Gasteiger partial charge on any atom is 0.226 e. The molecule has 32 heavy (non-hydrogen) atoms. The summed E-state index contributed by atoms with van der Waals surface area (Å²) < 4.78 is 13.3. The highest BCUT2D eigenvalue weighted by molar-refractivity contribution is 5.81. The average molecular weight is 448 g/mol. The first-order valence-corrected chi connectivity index (χ1v) is 12.2. The van der Waals surface area contributed by atoms with Gasteiger partial charge < -0.3 is 20.1 Å². The largest absolute Gasteiger partial charge is 0.384 e. The topological polar surface area (TPSA) is 85.8 Å². The molecule has 1 aliphatic heterocycles. The summed E-state index contributed by atoms with van der Waals surface area (Å²) in [5, 5.41) is 5.06. The number of carbonyl (C=O) groups excluding carboxylic acids is 1. The van der Waals surface area contributed by atoms with Gasteiger partial charge in [-0.1, -0.05) is 0 Å². The molecule has 0 unspecified atom stereocenters. The van der Waals surface area contributed by atoms with Crippen molar-refractivity contribution in [1.29, 1.82) is 0 Å². The van der Waals surface area contributed by atoms with Crippen LogP contribution in [0.1, 0.15) is 61.4 Å². The number of likely N-dealkylation sites (N-methyl/N-ethyl adjacent to an activating group) is 1. The van der Waals surface area contributed by atoms with Crippen LogP contribution in [0.2, 0.25) is 0 Å². The van der Waals surface area contributed by atoms with Gasteiger partial charge in [0.1, 0.15) is 0 Å². The van der Waals surface area contributed by atoms with Gasteiger partial charge in [0.25, 0.3) is 0 Å². The van der Waals surface area contributed by atoms with Gasteiger partial charge in [0.2, 0.25) is 5.91 Å². The third-order valence-corrected chi connectivity index (χ3v) is 7.62. The third kappa shape index (κ3) is 5.03. The quantitative estimate of drug-likeness (QED) is 0.590. The number of ether oxygens (including phenoxy) is 2. The van der Waals surface area contributed by atoms with Gasteiger partial charge in [0.15, 0.2) is 0 Å². The van der Waals surface area contributed by atoms with Crippen LogP contribution in [0.4, 0.5) is 0 Å². The molecule has 0 radical (unpaired) electrons. The molecule has 0 aromatic carbocycles. The molecule has 2 fully saturated rings. The first-order chi connectivity index (χ1) is 15.5. The number of methoxy groups -OCH3 is 2. The second-order valence-electron chi connectivity index (χ2n) is 10.2. The summed E-state index contributed by atoms with van der Waals surface area (Å²) >= 11 is 0. The van der Waals surface area contributed by atoms with Crippen molar-refractivity contribution < 1.29 is 14.3 Å². The minimum absolute atomic E-state index is 0.109. The third-order valence-electron chi connectivity index (χ3n) is 7.62. The first-order valence-electron chi connectivity index (χ1n) is 12.2. The zero-order valence-electron chi connectivity index (χ0n) is 20.1. The van der Waals surface area contributed by atoms with Crippen molar-refractivity contribution in [2.45, 2.75) is 64.1 Å². The van der Waals surface area contributed by atoms with Crippen LogP contribution in [-0.2, 0) is 33.9 Å². The molecule has 2 N–H and O–H groups in total. The van der Waals surface area contributed by atoms with E-state index in [1.54, 1.807) is 14.2 Å². The first kappa shape index (κ1) is 23.7. The van der Waals surface area contributed by atoms with Crippen molar-refractivity contribution in [1.82, 2.24) is 19.6 Å². The maximum absolute atomic E-state index is 12.8. The minimum atomic E-state index is 0.109. The predicted octanol–water partition coefficient (Wildman–Crippen LogP) is 1.96. The lowest BCUT2D eigenvalue weighted by Gasteiger charge is -2.40. The van der Waals surface area contributed by atoms with Crippen molar-refractivity contribution in [3.63, 3.8) is 0 Å². The van der Waals surface area contributed by atoms with Crippen LogP contribution in [0.25, 0.3) is 0 Å². The number of rotatable bonds is 10. The fourth-order valence-corrected chi connectivity index (χ4v) is 5.77. The highest BCUT2D eigenvalue weighted by atomic mass is 16.5. The number of amides is 1. The van der Waals surface area contributed by atoms with Gasteiger partial charge in [-0.2, -0.15) is 5.10 Å². The number of hydrogen-bond acceptors (Lipinski definition) is 6. The number of aromatic nitrogens is 2. The van der Waals surface area contributed by atoms with Crippen molar-refractivity contribution in [2.75, 3.05) is 54.1 Å². The fourth-order valence-electron chi connectivity index (χ4n) is 5.77. The zero-order chi connectivity index (χ0) is 22.7. The van der Waals surface area contributed by atoms with Crippen LogP contribution in [-0.4, -0.2) is 79.6 Å². The van der Waals surface area contributed by atoms with E-state index < -0.39 is 0 Å². The number of nitrogens with two attached hydrogens (primary N) is 1. The Labute approximate surface area is 192 Å². The molecule has 0 spiro atoms. The maximum atomic E-state index is 12.8. The van der Waals surface area contributed by atoms with Crippen LogP contribution in [0, 0.1) is 11.3 Å². The number of hydrogen-bond donors (Lipinski definition) is 1. The summed E-state index contributed by atoms with van der Waals surface area (Å²) in [6.45, 7) is 6.07.